The van der Waals surface area contributed by atoms with E-state index >= 15 is 0 Å². The second-order valence-electron chi connectivity index (χ2n) is 8.77. The van der Waals surface area contributed by atoms with Crippen molar-refractivity contribution < 1.29 is 9.53 Å². The van der Waals surface area contributed by atoms with E-state index < -0.39 is 5.91 Å². The van der Waals surface area contributed by atoms with E-state index in [0.29, 0.717) is 23.2 Å². The van der Waals surface area contributed by atoms with Crippen molar-refractivity contribution in [1.82, 2.24) is 14.9 Å². The van der Waals surface area contributed by atoms with Gasteiger partial charge in [-0.1, -0.05) is 19.8 Å². The highest BCUT2D eigenvalue weighted by atomic mass is 16.5. The summed E-state index contributed by atoms with van der Waals surface area (Å²) in [7, 11) is 3.78. The number of hydrogen-bond donors (Lipinski definition) is 3. The number of carbonyl (C=O) groups is 1. The molecule has 2 aliphatic rings. The van der Waals surface area contributed by atoms with Crippen LogP contribution in [0.1, 0.15) is 54.1 Å². The molecule has 0 bridgehead atoms. The average molecular weight is 425 g/mol. The average Bonchev–Trinajstić information content (AvgIpc) is 2.75. The third-order valence-electron chi connectivity index (χ3n) is 6.46. The number of hydrogen-bond acceptors (Lipinski definition) is 7. The number of nitrogens with two attached hydrogens (primary N) is 1. The second-order valence-corrected chi connectivity index (χ2v) is 8.77. The van der Waals surface area contributed by atoms with Gasteiger partial charge in [-0.2, -0.15) is 4.98 Å². The van der Waals surface area contributed by atoms with Crippen LogP contribution in [0.3, 0.4) is 0 Å². The van der Waals surface area contributed by atoms with Crippen molar-refractivity contribution in [2.45, 2.75) is 51.6 Å². The zero-order chi connectivity index (χ0) is 22.0. The summed E-state index contributed by atoms with van der Waals surface area (Å²) in [6.07, 6.45) is 7.13. The fourth-order valence-electron chi connectivity index (χ4n) is 4.55. The van der Waals surface area contributed by atoms with E-state index in [1.165, 1.54) is 36.6 Å². The van der Waals surface area contributed by atoms with Gasteiger partial charge in [0.05, 0.1) is 18.4 Å². The van der Waals surface area contributed by atoms with Crippen molar-refractivity contribution in [2.75, 3.05) is 31.3 Å². The molecule has 0 saturated heterocycles. The molecule has 166 valence electrons. The first-order valence-corrected chi connectivity index (χ1v) is 11.0. The molecule has 1 aliphatic heterocycles. The molecule has 0 radical (unpaired) electrons. The van der Waals surface area contributed by atoms with Gasteiger partial charge in [-0.05, 0) is 55.5 Å². The summed E-state index contributed by atoms with van der Waals surface area (Å²) in [6.45, 7) is 4.16. The molecular weight excluding hydrogens is 392 g/mol. The first-order valence-electron chi connectivity index (χ1n) is 11.0. The van der Waals surface area contributed by atoms with Gasteiger partial charge >= 0.3 is 0 Å². The maximum atomic E-state index is 12.0. The van der Waals surface area contributed by atoms with Gasteiger partial charge in [0.2, 0.25) is 5.95 Å². The van der Waals surface area contributed by atoms with Gasteiger partial charge in [0.15, 0.2) is 0 Å². The van der Waals surface area contributed by atoms with E-state index in [-0.39, 0.29) is 6.04 Å². The normalized spacial score (nSPS) is 21.3. The summed E-state index contributed by atoms with van der Waals surface area (Å²) in [5, 5.41) is 6.75. The maximum absolute atomic E-state index is 12.0. The molecule has 2 aromatic rings. The minimum atomic E-state index is -0.535. The van der Waals surface area contributed by atoms with Crippen molar-refractivity contribution in [2.24, 2.45) is 11.7 Å². The molecule has 1 aromatic carbocycles. The van der Waals surface area contributed by atoms with E-state index in [2.05, 4.69) is 51.6 Å². The SMILES string of the molecule is COc1cc2c(cc1Nc1ncc(C(N)=O)c(N[C@@H]3CCCC[C@@H]3C)n1)CN(C)CC2. The standard InChI is InChI=1S/C23H32N6O2/c1-14-6-4-5-7-18(14)26-22-17(21(24)30)12-25-23(28-22)27-19-10-16-13-29(2)9-8-15(16)11-20(19)31-3/h10-12,14,18H,4-9,13H2,1-3H3,(H2,24,30)(H2,25,26,27,28)/t14-,18+/m0/s1. The summed E-state index contributed by atoms with van der Waals surface area (Å²) in [5.41, 5.74) is 9.27. The number of nitrogens with one attached hydrogen (secondary N) is 2. The highest BCUT2D eigenvalue weighted by molar-refractivity contribution is 5.97. The number of carbonyl (C=O) groups excluding carboxylic acids is 1. The number of methoxy groups -OCH3 is 1. The number of nitrogens with zero attached hydrogens (tertiary/aromatic N) is 3. The van der Waals surface area contributed by atoms with Gasteiger partial charge in [0.25, 0.3) is 5.91 Å². The third kappa shape index (κ3) is 4.74. The Morgan fingerprint density at radius 2 is 2.06 bits per heavy atom. The highest BCUT2D eigenvalue weighted by Crippen LogP contribution is 2.33. The molecule has 1 saturated carbocycles. The van der Waals surface area contributed by atoms with Gasteiger partial charge < -0.3 is 26.0 Å². The Kier molecular flexibility index (Phi) is 6.27. The lowest BCUT2D eigenvalue weighted by Crippen LogP contribution is -2.32. The minimum absolute atomic E-state index is 0.267. The Hall–Kier alpha value is -2.87. The summed E-state index contributed by atoms with van der Waals surface area (Å²) in [6, 6.07) is 4.46. The number of primary amides is 1. The number of amides is 1. The van der Waals surface area contributed by atoms with E-state index in [0.717, 1.165) is 37.4 Å². The molecule has 1 aliphatic carbocycles. The number of aromatic nitrogens is 2. The van der Waals surface area contributed by atoms with E-state index in [4.69, 9.17) is 10.5 Å². The Morgan fingerprint density at radius 1 is 1.26 bits per heavy atom. The van der Waals surface area contributed by atoms with E-state index in [1.54, 1.807) is 7.11 Å². The molecule has 2 heterocycles. The summed E-state index contributed by atoms with van der Waals surface area (Å²) in [5.74, 6) is 1.62. The molecule has 0 spiro atoms. The molecule has 1 fully saturated rings. The minimum Gasteiger partial charge on any atom is -0.495 e. The summed E-state index contributed by atoms with van der Waals surface area (Å²) >= 11 is 0. The van der Waals surface area contributed by atoms with Gasteiger partial charge in [-0.3, -0.25) is 4.79 Å². The lowest BCUT2D eigenvalue weighted by molar-refractivity contribution is 0.100. The molecule has 0 unspecified atom stereocenters. The molecule has 31 heavy (non-hydrogen) atoms. The topological polar surface area (TPSA) is 105 Å². The summed E-state index contributed by atoms with van der Waals surface area (Å²) < 4.78 is 5.62. The zero-order valence-electron chi connectivity index (χ0n) is 18.6. The molecule has 4 N–H and O–H groups in total. The molecule has 4 rings (SSSR count). The predicted octanol–water partition coefficient (Wildman–Crippen LogP) is 3.31. The van der Waals surface area contributed by atoms with Gasteiger partial charge in [0, 0.05) is 25.3 Å². The molecule has 2 atom stereocenters. The smallest absolute Gasteiger partial charge is 0.254 e. The third-order valence-corrected chi connectivity index (χ3v) is 6.46. The van der Waals surface area contributed by atoms with Crippen LogP contribution in [-0.2, 0) is 13.0 Å². The quantitative estimate of drug-likeness (QED) is 0.653. The Bertz CT molecular complexity index is 963. The van der Waals surface area contributed by atoms with E-state index in [9.17, 15) is 4.79 Å². The number of anilines is 3. The van der Waals surface area contributed by atoms with Crippen LogP contribution in [0.25, 0.3) is 0 Å². The van der Waals surface area contributed by atoms with Crippen LogP contribution in [0.4, 0.5) is 17.5 Å². The van der Waals surface area contributed by atoms with Crippen molar-refractivity contribution in [3.05, 3.63) is 35.0 Å². The van der Waals surface area contributed by atoms with Crippen LogP contribution < -0.4 is 21.1 Å². The largest absolute Gasteiger partial charge is 0.495 e. The van der Waals surface area contributed by atoms with Crippen LogP contribution in [0.15, 0.2) is 18.3 Å². The first kappa shape index (κ1) is 21.4. The predicted molar refractivity (Wildman–Crippen MR) is 122 cm³/mol. The van der Waals surface area contributed by atoms with Gasteiger partial charge in [-0.25, -0.2) is 4.98 Å². The Labute approximate surface area is 183 Å². The van der Waals surface area contributed by atoms with Gasteiger partial charge in [-0.15, -0.1) is 0 Å². The van der Waals surface area contributed by atoms with E-state index in [1.807, 2.05) is 0 Å². The van der Waals surface area contributed by atoms with Gasteiger partial charge in [0.1, 0.15) is 11.6 Å². The van der Waals surface area contributed by atoms with Crippen LogP contribution in [-0.4, -0.2) is 47.5 Å². The van der Waals surface area contributed by atoms with Crippen molar-refractivity contribution in [1.29, 1.82) is 0 Å². The number of ether oxygens (including phenoxy) is 1. The fourth-order valence-corrected chi connectivity index (χ4v) is 4.55. The fraction of sp³-hybridized carbons (Fsp3) is 0.522. The van der Waals surface area contributed by atoms with Crippen LogP contribution >= 0.6 is 0 Å². The van der Waals surface area contributed by atoms with Crippen molar-refractivity contribution in [3.63, 3.8) is 0 Å². The lowest BCUT2D eigenvalue weighted by Gasteiger charge is -2.30. The molecule has 8 heteroatoms. The Balaban J connectivity index is 1.63. The number of benzene rings is 1. The van der Waals surface area contributed by atoms with Crippen LogP contribution in [0.5, 0.6) is 5.75 Å². The Morgan fingerprint density at radius 3 is 2.81 bits per heavy atom. The second kappa shape index (κ2) is 9.09. The zero-order valence-corrected chi connectivity index (χ0v) is 18.6. The molecule has 1 amide bonds. The van der Waals surface area contributed by atoms with Crippen LogP contribution in [0.2, 0.25) is 0 Å². The van der Waals surface area contributed by atoms with Crippen LogP contribution in [0, 0.1) is 5.92 Å². The number of fused-ring (bicyclic) bond motifs is 1. The van der Waals surface area contributed by atoms with Crippen molar-refractivity contribution in [3.8, 4) is 5.75 Å². The number of likely N-dealkylation sites (N-methyl/N-ethyl adjacent to an activating group) is 1. The maximum Gasteiger partial charge on any atom is 0.254 e. The monoisotopic (exact) mass is 424 g/mol. The van der Waals surface area contributed by atoms with Crippen molar-refractivity contribution >= 4 is 23.4 Å². The lowest BCUT2D eigenvalue weighted by atomic mass is 9.86. The first-order chi connectivity index (χ1) is 14.9. The number of rotatable bonds is 6. The molecule has 8 nitrogen and oxygen atoms in total. The summed E-state index contributed by atoms with van der Waals surface area (Å²) in [4.78, 5) is 23.2. The highest BCUT2D eigenvalue weighted by Gasteiger charge is 2.24. The molecular formula is C23H32N6O2. The molecule has 1 aromatic heterocycles.